The number of ether oxygens (including phenoxy) is 2. The van der Waals surface area contributed by atoms with E-state index in [1.807, 2.05) is 63.5 Å². The van der Waals surface area contributed by atoms with E-state index in [2.05, 4.69) is 9.97 Å². The molecule has 32 heavy (non-hydrogen) atoms. The zero-order valence-corrected chi connectivity index (χ0v) is 20.2. The molecule has 0 atom stereocenters. The van der Waals surface area contributed by atoms with Crippen LogP contribution in [0.2, 0.25) is 0 Å². The van der Waals surface area contributed by atoms with E-state index in [0.717, 1.165) is 47.4 Å². The minimum Gasteiger partial charge on any atom is -0.474 e. The Hall–Kier alpha value is -2.54. The summed E-state index contributed by atoms with van der Waals surface area (Å²) in [7, 11) is 0. The number of benzene rings is 1. The average molecular weight is 456 g/mol. The molecule has 3 aromatic rings. The van der Waals surface area contributed by atoms with Gasteiger partial charge in [-0.3, -0.25) is 4.79 Å². The molecule has 7 heteroatoms. The number of carbonyl (C=O) groups is 1. The molecule has 4 rings (SSSR count). The summed E-state index contributed by atoms with van der Waals surface area (Å²) in [5.74, 6) is 0.618. The maximum atomic E-state index is 11.1. The highest BCUT2D eigenvalue weighted by atomic mass is 32.1. The Morgan fingerprint density at radius 3 is 2.34 bits per heavy atom. The number of rotatable bonds is 7. The van der Waals surface area contributed by atoms with Gasteiger partial charge >= 0.3 is 5.97 Å². The van der Waals surface area contributed by atoms with E-state index >= 15 is 0 Å². The summed E-state index contributed by atoms with van der Waals surface area (Å²) in [5, 5.41) is 3.10. The Morgan fingerprint density at radius 2 is 1.75 bits per heavy atom. The second-order valence-corrected chi connectivity index (χ2v) is 9.53. The number of fused-ring (bicyclic) bond motifs is 1. The fourth-order valence-electron chi connectivity index (χ4n) is 3.41. The van der Waals surface area contributed by atoms with Crippen molar-refractivity contribution in [1.82, 2.24) is 15.0 Å². The van der Waals surface area contributed by atoms with Crippen LogP contribution in [-0.2, 0) is 22.4 Å². The Balaban J connectivity index is 0.000000222. The number of esters is 1. The van der Waals surface area contributed by atoms with Gasteiger partial charge in [-0.05, 0) is 51.7 Å². The number of aromatic nitrogens is 3. The highest BCUT2D eigenvalue weighted by molar-refractivity contribution is 7.09. The van der Waals surface area contributed by atoms with Gasteiger partial charge in [-0.15, -0.1) is 11.3 Å². The standard InChI is InChI=1S/C16H17N3OS.C9H16O2/c1-11(2)20-16-14(7-8-15-17-9-10-21-15)18-12-5-3-4-6-13(12)19-16;1-7(2)9(10)11-8-5-3-4-6-8/h3-6,9-11H,7-8H2,1-2H3;7-8H,3-6H2,1-2H3. The molecule has 0 bridgehead atoms. The van der Waals surface area contributed by atoms with Gasteiger partial charge in [0.15, 0.2) is 0 Å². The number of carbonyl (C=O) groups excluding carboxylic acids is 1. The largest absolute Gasteiger partial charge is 0.474 e. The maximum Gasteiger partial charge on any atom is 0.308 e. The smallest absolute Gasteiger partial charge is 0.308 e. The van der Waals surface area contributed by atoms with Crippen molar-refractivity contribution in [3.8, 4) is 5.88 Å². The van der Waals surface area contributed by atoms with Crippen LogP contribution in [0.5, 0.6) is 5.88 Å². The van der Waals surface area contributed by atoms with E-state index in [0.29, 0.717) is 5.88 Å². The van der Waals surface area contributed by atoms with Gasteiger partial charge in [0.1, 0.15) is 11.8 Å². The third-order valence-corrected chi connectivity index (χ3v) is 5.91. The second kappa shape index (κ2) is 11.9. The average Bonchev–Trinajstić information content (AvgIpc) is 3.46. The monoisotopic (exact) mass is 455 g/mol. The number of aryl methyl sites for hydroxylation is 2. The molecule has 2 heterocycles. The van der Waals surface area contributed by atoms with Gasteiger partial charge in [-0.25, -0.2) is 15.0 Å². The predicted molar refractivity (Wildman–Crippen MR) is 128 cm³/mol. The molecular weight excluding hydrogens is 422 g/mol. The third-order valence-electron chi connectivity index (χ3n) is 5.07. The number of hydrogen-bond donors (Lipinski definition) is 0. The topological polar surface area (TPSA) is 74.2 Å². The molecule has 0 radical (unpaired) electrons. The molecule has 1 aromatic carbocycles. The zero-order chi connectivity index (χ0) is 22.9. The van der Waals surface area contributed by atoms with E-state index in [1.54, 1.807) is 11.3 Å². The van der Waals surface area contributed by atoms with Crippen molar-refractivity contribution >= 4 is 28.3 Å². The highest BCUT2D eigenvalue weighted by Gasteiger charge is 2.20. The Morgan fingerprint density at radius 1 is 1.06 bits per heavy atom. The minimum atomic E-state index is -0.0445. The number of thiazole rings is 1. The summed E-state index contributed by atoms with van der Waals surface area (Å²) in [6.07, 6.45) is 8.36. The van der Waals surface area contributed by atoms with E-state index in [4.69, 9.17) is 14.5 Å². The molecular formula is C25H33N3O3S. The molecule has 0 aliphatic heterocycles. The molecule has 0 saturated heterocycles. The normalized spacial score (nSPS) is 13.9. The minimum absolute atomic E-state index is 0.0237. The molecule has 2 aromatic heterocycles. The molecule has 172 valence electrons. The fraction of sp³-hybridized carbons (Fsp3) is 0.520. The highest BCUT2D eigenvalue weighted by Crippen LogP contribution is 2.23. The summed E-state index contributed by atoms with van der Waals surface area (Å²) in [6, 6.07) is 7.88. The van der Waals surface area contributed by atoms with Crippen LogP contribution in [0, 0.1) is 5.92 Å². The predicted octanol–water partition coefficient (Wildman–Crippen LogP) is 5.79. The van der Waals surface area contributed by atoms with Crippen molar-refractivity contribution in [3.05, 3.63) is 46.5 Å². The van der Waals surface area contributed by atoms with Crippen LogP contribution >= 0.6 is 11.3 Å². The van der Waals surface area contributed by atoms with Crippen LogP contribution in [0.4, 0.5) is 0 Å². The van der Waals surface area contributed by atoms with Gasteiger partial charge in [0.25, 0.3) is 0 Å². The van der Waals surface area contributed by atoms with Crippen molar-refractivity contribution in [2.75, 3.05) is 0 Å². The molecule has 6 nitrogen and oxygen atoms in total. The molecule has 0 N–H and O–H groups in total. The summed E-state index contributed by atoms with van der Waals surface area (Å²) in [4.78, 5) is 24.7. The van der Waals surface area contributed by atoms with E-state index in [1.165, 1.54) is 12.8 Å². The Kier molecular flexibility index (Phi) is 8.97. The van der Waals surface area contributed by atoms with Gasteiger partial charge in [-0.2, -0.15) is 0 Å². The van der Waals surface area contributed by atoms with E-state index in [-0.39, 0.29) is 24.1 Å². The van der Waals surface area contributed by atoms with Crippen LogP contribution in [0.25, 0.3) is 11.0 Å². The van der Waals surface area contributed by atoms with Crippen LogP contribution in [0.3, 0.4) is 0 Å². The van der Waals surface area contributed by atoms with Crippen molar-refractivity contribution in [1.29, 1.82) is 0 Å². The fourth-order valence-corrected chi connectivity index (χ4v) is 4.03. The van der Waals surface area contributed by atoms with Crippen LogP contribution < -0.4 is 4.74 Å². The maximum absolute atomic E-state index is 11.1. The number of para-hydroxylation sites is 2. The van der Waals surface area contributed by atoms with E-state index in [9.17, 15) is 4.79 Å². The van der Waals surface area contributed by atoms with Gasteiger partial charge in [-0.1, -0.05) is 26.0 Å². The van der Waals surface area contributed by atoms with Gasteiger partial charge < -0.3 is 9.47 Å². The molecule has 0 spiro atoms. The van der Waals surface area contributed by atoms with Crippen LogP contribution in [0.15, 0.2) is 35.8 Å². The first-order valence-corrected chi connectivity index (χ1v) is 12.3. The SMILES string of the molecule is CC(C)C(=O)OC1CCCC1.CC(C)Oc1nc2ccccc2nc1CCc1nccs1. The summed E-state index contributed by atoms with van der Waals surface area (Å²) in [5.41, 5.74) is 2.67. The summed E-state index contributed by atoms with van der Waals surface area (Å²) >= 11 is 1.67. The molecule has 1 aliphatic carbocycles. The van der Waals surface area contributed by atoms with Gasteiger partial charge in [0.05, 0.1) is 28.1 Å². The molecule has 1 aliphatic rings. The van der Waals surface area contributed by atoms with Crippen molar-refractivity contribution < 1.29 is 14.3 Å². The lowest BCUT2D eigenvalue weighted by molar-refractivity contribution is -0.152. The van der Waals surface area contributed by atoms with Crippen LogP contribution in [0.1, 0.15) is 64.1 Å². The number of hydrogen-bond acceptors (Lipinski definition) is 7. The van der Waals surface area contributed by atoms with Crippen molar-refractivity contribution in [2.24, 2.45) is 5.92 Å². The van der Waals surface area contributed by atoms with E-state index < -0.39 is 0 Å². The molecule has 1 saturated carbocycles. The molecule has 0 unspecified atom stereocenters. The first-order valence-electron chi connectivity index (χ1n) is 11.4. The first-order chi connectivity index (χ1) is 15.4. The number of nitrogens with zero attached hydrogens (tertiary/aromatic N) is 3. The lowest BCUT2D eigenvalue weighted by atomic mass is 10.2. The van der Waals surface area contributed by atoms with Crippen LogP contribution in [-0.4, -0.2) is 33.1 Å². The lowest BCUT2D eigenvalue weighted by Gasteiger charge is -2.13. The Labute approximate surface area is 194 Å². The van der Waals surface area contributed by atoms with Gasteiger partial charge in [0, 0.05) is 24.4 Å². The molecule has 1 fully saturated rings. The Bertz CT molecular complexity index is 983. The van der Waals surface area contributed by atoms with Crippen molar-refractivity contribution in [3.63, 3.8) is 0 Å². The molecule has 0 amide bonds. The van der Waals surface area contributed by atoms with Gasteiger partial charge in [0.2, 0.25) is 5.88 Å². The quantitative estimate of drug-likeness (QED) is 0.420. The van der Waals surface area contributed by atoms with Crippen molar-refractivity contribution in [2.45, 2.75) is 78.4 Å². The zero-order valence-electron chi connectivity index (χ0n) is 19.4. The lowest BCUT2D eigenvalue weighted by Crippen LogP contribution is -2.18. The first kappa shape index (κ1) is 24.1. The summed E-state index contributed by atoms with van der Waals surface area (Å²) in [6.45, 7) is 7.75. The third kappa shape index (κ3) is 7.26. The second-order valence-electron chi connectivity index (χ2n) is 8.55. The summed E-state index contributed by atoms with van der Waals surface area (Å²) < 4.78 is 11.1.